The molecule has 0 radical (unpaired) electrons. The molecule has 0 atom stereocenters. The fourth-order valence-corrected chi connectivity index (χ4v) is 2.56. The largest absolute Gasteiger partial charge is 0.318 e. The second-order valence-corrected chi connectivity index (χ2v) is 5.64. The standard InChI is InChI=1S/C16H13BrN4O/c1-11-7-8-14(13(17)9-11)19-16(22)15-18-10-21(20-15)12-5-3-2-4-6-12/h2-10H,1H3,(H,19,22). The van der Waals surface area contributed by atoms with Crippen LogP contribution in [-0.2, 0) is 0 Å². The van der Waals surface area contributed by atoms with Gasteiger partial charge in [0.15, 0.2) is 0 Å². The molecule has 6 heteroatoms. The molecule has 2 aromatic carbocycles. The second kappa shape index (κ2) is 6.11. The van der Waals surface area contributed by atoms with Crippen LogP contribution in [0.25, 0.3) is 5.69 Å². The van der Waals surface area contributed by atoms with Gasteiger partial charge >= 0.3 is 0 Å². The first-order valence-corrected chi connectivity index (χ1v) is 7.47. The topological polar surface area (TPSA) is 59.8 Å². The number of nitrogens with zero attached hydrogens (tertiary/aromatic N) is 3. The van der Waals surface area contributed by atoms with E-state index in [4.69, 9.17) is 0 Å². The van der Waals surface area contributed by atoms with Crippen LogP contribution in [0, 0.1) is 6.92 Å². The lowest BCUT2D eigenvalue weighted by atomic mass is 10.2. The molecular weight excluding hydrogens is 344 g/mol. The molecule has 0 bridgehead atoms. The highest BCUT2D eigenvalue weighted by Gasteiger charge is 2.13. The summed E-state index contributed by atoms with van der Waals surface area (Å²) in [5.41, 5.74) is 2.65. The predicted octanol–water partition coefficient (Wildman–Crippen LogP) is 3.59. The molecule has 3 rings (SSSR count). The molecule has 110 valence electrons. The molecule has 0 aliphatic carbocycles. The summed E-state index contributed by atoms with van der Waals surface area (Å²) in [7, 11) is 0. The third-order valence-corrected chi connectivity index (χ3v) is 3.74. The van der Waals surface area contributed by atoms with Crippen LogP contribution in [-0.4, -0.2) is 20.7 Å². The van der Waals surface area contributed by atoms with Crippen molar-refractivity contribution in [2.45, 2.75) is 6.92 Å². The zero-order valence-corrected chi connectivity index (χ0v) is 13.4. The number of aryl methyl sites for hydroxylation is 1. The van der Waals surface area contributed by atoms with Gasteiger partial charge in [-0.3, -0.25) is 4.79 Å². The Kier molecular flexibility index (Phi) is 4.02. The minimum Gasteiger partial charge on any atom is -0.318 e. The number of anilines is 1. The SMILES string of the molecule is Cc1ccc(NC(=O)c2ncn(-c3ccccc3)n2)c(Br)c1. The van der Waals surface area contributed by atoms with Crippen molar-refractivity contribution in [2.24, 2.45) is 0 Å². The normalized spacial score (nSPS) is 10.5. The molecule has 1 N–H and O–H groups in total. The number of amides is 1. The van der Waals surface area contributed by atoms with Crippen LogP contribution >= 0.6 is 15.9 Å². The highest BCUT2D eigenvalue weighted by Crippen LogP contribution is 2.23. The van der Waals surface area contributed by atoms with Crippen molar-refractivity contribution in [1.82, 2.24) is 14.8 Å². The van der Waals surface area contributed by atoms with Crippen LogP contribution in [0.5, 0.6) is 0 Å². The lowest BCUT2D eigenvalue weighted by Crippen LogP contribution is -2.14. The average Bonchev–Trinajstić information content (AvgIpc) is 3.01. The van der Waals surface area contributed by atoms with Gasteiger partial charge in [-0.25, -0.2) is 9.67 Å². The van der Waals surface area contributed by atoms with Gasteiger partial charge in [-0.05, 0) is 52.7 Å². The first-order chi connectivity index (χ1) is 10.6. The number of halogens is 1. The molecule has 1 amide bonds. The molecule has 0 saturated carbocycles. The van der Waals surface area contributed by atoms with Gasteiger partial charge in [0, 0.05) is 4.47 Å². The Labute approximate surface area is 136 Å². The van der Waals surface area contributed by atoms with Crippen LogP contribution in [0.3, 0.4) is 0 Å². The van der Waals surface area contributed by atoms with Crippen LogP contribution in [0.4, 0.5) is 5.69 Å². The molecule has 0 unspecified atom stereocenters. The molecule has 1 aromatic heterocycles. The van der Waals surface area contributed by atoms with Gasteiger partial charge in [0.25, 0.3) is 5.91 Å². The lowest BCUT2D eigenvalue weighted by molar-refractivity contribution is 0.101. The maximum atomic E-state index is 12.2. The number of hydrogen-bond donors (Lipinski definition) is 1. The highest BCUT2D eigenvalue weighted by molar-refractivity contribution is 9.10. The summed E-state index contributed by atoms with van der Waals surface area (Å²) in [5.74, 6) is -0.226. The summed E-state index contributed by atoms with van der Waals surface area (Å²) in [6.45, 7) is 1.99. The molecule has 0 aliphatic heterocycles. The van der Waals surface area contributed by atoms with Crippen molar-refractivity contribution in [2.75, 3.05) is 5.32 Å². The predicted molar refractivity (Wildman–Crippen MR) is 88.2 cm³/mol. The van der Waals surface area contributed by atoms with Crippen LogP contribution in [0.2, 0.25) is 0 Å². The highest BCUT2D eigenvalue weighted by atomic mass is 79.9. The average molecular weight is 357 g/mol. The Morgan fingerprint density at radius 3 is 2.68 bits per heavy atom. The number of carbonyl (C=O) groups excluding carboxylic acids is 1. The second-order valence-electron chi connectivity index (χ2n) is 4.79. The number of benzene rings is 2. The number of nitrogens with one attached hydrogen (secondary N) is 1. The lowest BCUT2D eigenvalue weighted by Gasteiger charge is -2.06. The van der Waals surface area contributed by atoms with Gasteiger partial charge in [-0.1, -0.05) is 24.3 Å². The number of aromatic nitrogens is 3. The molecule has 0 saturated heterocycles. The van der Waals surface area contributed by atoms with Gasteiger partial charge in [0.2, 0.25) is 5.82 Å². The molecule has 0 fully saturated rings. The maximum absolute atomic E-state index is 12.2. The van der Waals surface area contributed by atoms with Crippen LogP contribution in [0.1, 0.15) is 16.2 Å². The van der Waals surface area contributed by atoms with Gasteiger partial charge in [0.05, 0.1) is 11.4 Å². The number of rotatable bonds is 3. The van der Waals surface area contributed by atoms with Crippen molar-refractivity contribution in [3.05, 3.63) is 70.7 Å². The fourth-order valence-electron chi connectivity index (χ4n) is 1.97. The minimum absolute atomic E-state index is 0.122. The first kappa shape index (κ1) is 14.5. The van der Waals surface area contributed by atoms with E-state index in [0.29, 0.717) is 5.69 Å². The van der Waals surface area contributed by atoms with E-state index in [-0.39, 0.29) is 11.7 Å². The quantitative estimate of drug-likeness (QED) is 0.779. The molecule has 5 nitrogen and oxygen atoms in total. The van der Waals surface area contributed by atoms with Gasteiger partial charge in [-0.15, -0.1) is 5.10 Å². The molecule has 0 aliphatic rings. The van der Waals surface area contributed by atoms with Crippen molar-refractivity contribution < 1.29 is 4.79 Å². The third kappa shape index (κ3) is 3.07. The molecule has 1 heterocycles. The van der Waals surface area contributed by atoms with Gasteiger partial charge in [-0.2, -0.15) is 0 Å². The van der Waals surface area contributed by atoms with E-state index in [1.165, 1.54) is 6.33 Å². The summed E-state index contributed by atoms with van der Waals surface area (Å²) >= 11 is 3.43. The minimum atomic E-state index is -0.348. The Hall–Kier alpha value is -2.47. The van der Waals surface area contributed by atoms with E-state index in [1.807, 2.05) is 55.5 Å². The summed E-state index contributed by atoms with van der Waals surface area (Å²) < 4.78 is 2.39. The van der Waals surface area contributed by atoms with Crippen molar-refractivity contribution in [1.29, 1.82) is 0 Å². The van der Waals surface area contributed by atoms with E-state index in [2.05, 4.69) is 31.3 Å². The molecule has 3 aromatic rings. The van der Waals surface area contributed by atoms with E-state index < -0.39 is 0 Å². The number of hydrogen-bond acceptors (Lipinski definition) is 3. The van der Waals surface area contributed by atoms with E-state index >= 15 is 0 Å². The van der Waals surface area contributed by atoms with Crippen LogP contribution < -0.4 is 5.32 Å². The zero-order valence-electron chi connectivity index (χ0n) is 11.8. The van der Waals surface area contributed by atoms with Crippen molar-refractivity contribution in [3.8, 4) is 5.69 Å². The fraction of sp³-hybridized carbons (Fsp3) is 0.0625. The zero-order chi connectivity index (χ0) is 15.5. The molecule has 0 spiro atoms. The first-order valence-electron chi connectivity index (χ1n) is 6.68. The Morgan fingerprint density at radius 2 is 1.95 bits per heavy atom. The van der Waals surface area contributed by atoms with Crippen LogP contribution in [0.15, 0.2) is 59.3 Å². The summed E-state index contributed by atoms with van der Waals surface area (Å²) in [4.78, 5) is 16.3. The smallest absolute Gasteiger partial charge is 0.295 e. The van der Waals surface area contributed by atoms with E-state index in [1.54, 1.807) is 4.68 Å². The number of para-hydroxylation sites is 1. The molecule has 22 heavy (non-hydrogen) atoms. The van der Waals surface area contributed by atoms with E-state index in [0.717, 1.165) is 15.7 Å². The Morgan fingerprint density at radius 1 is 1.18 bits per heavy atom. The van der Waals surface area contributed by atoms with Crippen molar-refractivity contribution in [3.63, 3.8) is 0 Å². The van der Waals surface area contributed by atoms with Crippen molar-refractivity contribution >= 4 is 27.5 Å². The molecular formula is C16H13BrN4O. The number of carbonyl (C=O) groups is 1. The summed E-state index contributed by atoms with van der Waals surface area (Å²) in [6.07, 6.45) is 1.52. The summed E-state index contributed by atoms with van der Waals surface area (Å²) in [5, 5.41) is 7.00. The van der Waals surface area contributed by atoms with Gasteiger partial charge < -0.3 is 5.32 Å². The Bertz CT molecular complexity index is 814. The summed E-state index contributed by atoms with van der Waals surface area (Å²) in [6, 6.07) is 15.2. The Balaban J connectivity index is 1.80. The van der Waals surface area contributed by atoms with Gasteiger partial charge in [0.1, 0.15) is 6.33 Å². The monoisotopic (exact) mass is 356 g/mol. The maximum Gasteiger partial charge on any atom is 0.295 e. The van der Waals surface area contributed by atoms with E-state index in [9.17, 15) is 4.79 Å². The third-order valence-electron chi connectivity index (χ3n) is 3.09.